The van der Waals surface area contributed by atoms with Crippen molar-refractivity contribution in [2.45, 2.75) is 167 Å². The summed E-state index contributed by atoms with van der Waals surface area (Å²) in [5.74, 6) is 0.705. The van der Waals surface area contributed by atoms with Crippen LogP contribution in [0.5, 0.6) is 0 Å². The van der Waals surface area contributed by atoms with Gasteiger partial charge in [-0.05, 0) is 71.0 Å². The number of carbonyl (C=O) groups is 6. The maximum atomic E-state index is 13.6. The number of hydrogen-bond acceptors (Lipinski definition) is 12. The Morgan fingerprint density at radius 3 is 1.97 bits per heavy atom. The molecule has 2 saturated heterocycles. The SMILES string of the molecule is CC1=C(CCC(=O)NCCOCCOCCOCCCCCCCCCCCS)C(=O)C(C)=C(C(C)(C)CC(=O)OCCCCCNC(=O)CCCC[C@@H]2SC[C@@H]3NC(=O)N[C@@H]32)C1=O. The van der Waals surface area contributed by atoms with E-state index in [0.717, 1.165) is 56.6 Å². The molecule has 0 bridgehead atoms. The minimum absolute atomic E-state index is 0.0318. The lowest BCUT2D eigenvalue weighted by Gasteiger charge is -2.31. The smallest absolute Gasteiger partial charge is 0.315 e. The van der Waals surface area contributed by atoms with Crippen LogP contribution in [0.25, 0.3) is 0 Å². The van der Waals surface area contributed by atoms with Crippen LogP contribution in [0.1, 0.15) is 150 Å². The highest BCUT2D eigenvalue weighted by Crippen LogP contribution is 2.40. The lowest BCUT2D eigenvalue weighted by molar-refractivity contribution is -0.145. The molecule has 0 aromatic rings. The lowest BCUT2D eigenvalue weighted by Crippen LogP contribution is -2.36. The molecule has 0 saturated carbocycles. The number of ether oxygens (including phenoxy) is 4. The van der Waals surface area contributed by atoms with Crippen molar-refractivity contribution in [2.75, 3.05) is 70.8 Å². The van der Waals surface area contributed by atoms with E-state index in [9.17, 15) is 28.8 Å². The first-order valence-corrected chi connectivity index (χ1v) is 25.8. The molecule has 2 heterocycles. The van der Waals surface area contributed by atoms with E-state index in [1.165, 1.54) is 51.4 Å². The van der Waals surface area contributed by atoms with Crippen LogP contribution in [0.3, 0.4) is 0 Å². The average molecular weight is 937 g/mol. The third-order valence-corrected chi connectivity index (χ3v) is 13.9. The molecule has 3 atom stereocenters. The summed E-state index contributed by atoms with van der Waals surface area (Å²) in [6.07, 6.45) is 16.9. The molecule has 14 nitrogen and oxygen atoms in total. The fourth-order valence-corrected chi connectivity index (χ4v) is 10.3. The normalized spacial score (nSPS) is 18.6. The van der Waals surface area contributed by atoms with Gasteiger partial charge in [0.1, 0.15) is 0 Å². The summed E-state index contributed by atoms with van der Waals surface area (Å²) in [5.41, 5.74) is 0.289. The number of urea groups is 1. The number of hydrogen-bond donors (Lipinski definition) is 5. The first-order valence-electron chi connectivity index (χ1n) is 24.1. The van der Waals surface area contributed by atoms with Gasteiger partial charge in [-0.2, -0.15) is 24.4 Å². The van der Waals surface area contributed by atoms with Gasteiger partial charge in [0.05, 0.1) is 58.1 Å². The summed E-state index contributed by atoms with van der Waals surface area (Å²) in [5, 5.41) is 12.1. The molecule has 1 aliphatic carbocycles. The van der Waals surface area contributed by atoms with E-state index >= 15 is 0 Å². The van der Waals surface area contributed by atoms with E-state index in [0.29, 0.717) is 86.5 Å². The zero-order valence-corrected chi connectivity index (χ0v) is 41.1. The minimum atomic E-state index is -0.937. The second-order valence-electron chi connectivity index (χ2n) is 17.9. The van der Waals surface area contributed by atoms with Crippen LogP contribution in [0, 0.1) is 5.41 Å². The Bertz CT molecular complexity index is 1550. The summed E-state index contributed by atoms with van der Waals surface area (Å²) in [6.45, 7) is 10.9. The Morgan fingerprint density at radius 1 is 0.672 bits per heavy atom. The molecule has 2 aliphatic heterocycles. The third kappa shape index (κ3) is 21.1. The number of thioether (sulfide) groups is 1. The fraction of sp³-hybridized carbons (Fsp3) is 0.792. The molecule has 4 N–H and O–H groups in total. The van der Waals surface area contributed by atoms with Gasteiger partial charge in [0.2, 0.25) is 11.8 Å². The van der Waals surface area contributed by atoms with Crippen LogP contribution in [0.4, 0.5) is 4.79 Å². The topological polar surface area (TPSA) is 187 Å². The van der Waals surface area contributed by atoms with Gasteiger partial charge in [-0.25, -0.2) is 4.79 Å². The van der Waals surface area contributed by atoms with Crippen LogP contribution in [0.2, 0.25) is 0 Å². The molecule has 0 unspecified atom stereocenters. The number of esters is 1. The van der Waals surface area contributed by atoms with E-state index in [2.05, 4.69) is 33.9 Å². The molecule has 2 fully saturated rings. The number of ketones is 2. The molecule has 364 valence electrons. The summed E-state index contributed by atoms with van der Waals surface area (Å²) in [6, 6.07) is 0.322. The molecule has 16 heteroatoms. The van der Waals surface area contributed by atoms with Crippen molar-refractivity contribution in [3.05, 3.63) is 22.3 Å². The van der Waals surface area contributed by atoms with E-state index in [1.54, 1.807) is 27.7 Å². The third-order valence-electron chi connectivity index (χ3n) is 12.1. The van der Waals surface area contributed by atoms with Gasteiger partial charge >= 0.3 is 12.0 Å². The Kier molecular flexibility index (Phi) is 27.6. The van der Waals surface area contributed by atoms with Gasteiger partial charge < -0.3 is 40.2 Å². The molecule has 0 spiro atoms. The van der Waals surface area contributed by atoms with Gasteiger partial charge in [0, 0.05) is 71.2 Å². The highest BCUT2D eigenvalue weighted by atomic mass is 32.2. The van der Waals surface area contributed by atoms with Crippen molar-refractivity contribution in [1.29, 1.82) is 0 Å². The Morgan fingerprint density at radius 2 is 1.27 bits per heavy atom. The quantitative estimate of drug-likeness (QED) is 0.0140. The molecule has 0 aromatic carbocycles. The number of fused-ring (bicyclic) bond motifs is 1. The first kappa shape index (κ1) is 55.4. The molecular formula is C48H80N4O10S2. The number of carbonyl (C=O) groups excluding carboxylic acids is 6. The number of rotatable bonds is 37. The van der Waals surface area contributed by atoms with Gasteiger partial charge in [-0.3, -0.25) is 24.0 Å². The standard InChI is InChI=1S/C48H80N4O10S2/c1-35-37(21-22-41(54)50-24-27-60-29-31-61-30-28-59-25-16-10-8-6-5-7-9-11-18-32-63)45(56)36(2)43(46(35)57)48(3,4)33-42(55)62-26-17-12-15-23-49-40(53)20-14-13-19-39-44-38(34-64-39)51-47(58)52-44/h38-39,44,63H,5-34H2,1-4H3,(H,49,53)(H,50,54)(H2,51,52,58)/t38-,39-,44-/m0/s1. The van der Waals surface area contributed by atoms with Crippen LogP contribution in [-0.2, 0) is 42.9 Å². The minimum Gasteiger partial charge on any atom is -0.466 e. The zero-order chi connectivity index (χ0) is 46.6. The molecule has 0 aromatic heterocycles. The van der Waals surface area contributed by atoms with Crippen molar-refractivity contribution >= 4 is 59.8 Å². The van der Waals surface area contributed by atoms with Gasteiger partial charge in [0.15, 0.2) is 11.6 Å². The number of unbranched alkanes of at least 4 members (excludes halogenated alkanes) is 11. The highest BCUT2D eigenvalue weighted by Gasteiger charge is 2.43. The van der Waals surface area contributed by atoms with Crippen LogP contribution < -0.4 is 21.3 Å². The summed E-state index contributed by atoms with van der Waals surface area (Å²) in [4.78, 5) is 76.4. The summed E-state index contributed by atoms with van der Waals surface area (Å²) >= 11 is 6.14. The molecule has 3 aliphatic rings. The van der Waals surface area contributed by atoms with Crippen molar-refractivity contribution in [2.24, 2.45) is 5.41 Å². The maximum absolute atomic E-state index is 13.6. The van der Waals surface area contributed by atoms with Gasteiger partial charge in [0.25, 0.3) is 0 Å². The molecular weight excluding hydrogens is 857 g/mol. The maximum Gasteiger partial charge on any atom is 0.315 e. The predicted molar refractivity (Wildman–Crippen MR) is 256 cm³/mol. The van der Waals surface area contributed by atoms with Crippen molar-refractivity contribution in [3.63, 3.8) is 0 Å². The average Bonchev–Trinajstić information content (AvgIpc) is 3.82. The van der Waals surface area contributed by atoms with E-state index < -0.39 is 11.4 Å². The summed E-state index contributed by atoms with van der Waals surface area (Å²) in [7, 11) is 0. The Hall–Kier alpha value is -2.92. The number of allylic oxidation sites excluding steroid dienone is 4. The number of thiol groups is 1. The monoisotopic (exact) mass is 937 g/mol. The fourth-order valence-electron chi connectivity index (χ4n) is 8.49. The Balaban J connectivity index is 1.17. The lowest BCUT2D eigenvalue weighted by atomic mass is 9.70. The molecule has 0 radical (unpaired) electrons. The zero-order valence-electron chi connectivity index (χ0n) is 39.4. The van der Waals surface area contributed by atoms with Crippen LogP contribution in [-0.4, -0.2) is 124 Å². The highest BCUT2D eigenvalue weighted by molar-refractivity contribution is 8.00. The predicted octanol–water partition coefficient (Wildman–Crippen LogP) is 7.13. The van der Waals surface area contributed by atoms with Crippen LogP contribution in [0.15, 0.2) is 22.3 Å². The number of Topliss-reactive ketones (excluding diaryl/α,β-unsaturated/α-hetero) is 2. The summed E-state index contributed by atoms with van der Waals surface area (Å²) < 4.78 is 22.3. The first-order chi connectivity index (χ1) is 30.9. The second kappa shape index (κ2) is 31.9. The molecule has 4 amide bonds. The van der Waals surface area contributed by atoms with Crippen molar-refractivity contribution < 1.29 is 47.7 Å². The van der Waals surface area contributed by atoms with Crippen molar-refractivity contribution in [3.8, 4) is 0 Å². The number of amides is 4. The van der Waals surface area contributed by atoms with Crippen molar-refractivity contribution in [1.82, 2.24) is 21.3 Å². The second-order valence-corrected chi connectivity index (χ2v) is 19.6. The van der Waals surface area contributed by atoms with Gasteiger partial charge in [-0.1, -0.05) is 65.2 Å². The van der Waals surface area contributed by atoms with Crippen LogP contribution >= 0.6 is 24.4 Å². The molecule has 3 rings (SSSR count). The number of nitrogens with one attached hydrogen (secondary N) is 4. The molecule has 64 heavy (non-hydrogen) atoms. The van der Waals surface area contributed by atoms with E-state index in [1.807, 2.05) is 11.8 Å². The van der Waals surface area contributed by atoms with E-state index in [4.69, 9.17) is 18.9 Å². The van der Waals surface area contributed by atoms with Gasteiger partial charge in [-0.15, -0.1) is 0 Å². The largest absolute Gasteiger partial charge is 0.466 e. The Labute approximate surface area is 392 Å². The van der Waals surface area contributed by atoms with E-state index in [-0.39, 0.29) is 67.4 Å².